The first-order chi connectivity index (χ1) is 16.0. The highest BCUT2D eigenvalue weighted by atomic mass is 16.6. The Labute approximate surface area is 194 Å². The Morgan fingerprint density at radius 3 is 2.67 bits per heavy atom. The number of rotatable bonds is 3. The van der Waals surface area contributed by atoms with Crippen molar-refractivity contribution in [3.05, 3.63) is 24.3 Å². The Hall–Kier alpha value is -2.19. The monoisotopic (exact) mass is 458 g/mol. The minimum absolute atomic E-state index is 0.134. The van der Waals surface area contributed by atoms with E-state index in [2.05, 4.69) is 0 Å². The second-order valence-electron chi connectivity index (χ2n) is 10.0. The van der Waals surface area contributed by atoms with Crippen LogP contribution in [0.5, 0.6) is 0 Å². The van der Waals surface area contributed by atoms with Crippen molar-refractivity contribution in [2.24, 2.45) is 11.8 Å². The number of amides is 2. The molecule has 5 aliphatic rings. The number of cyclic esters (lactones) is 1. The van der Waals surface area contributed by atoms with Crippen molar-refractivity contribution in [1.82, 2.24) is 9.80 Å². The Morgan fingerprint density at radius 2 is 1.91 bits per heavy atom. The van der Waals surface area contributed by atoms with Gasteiger partial charge in [0.05, 0.1) is 31.3 Å². The van der Waals surface area contributed by atoms with Crippen LogP contribution in [0, 0.1) is 11.8 Å². The fraction of sp³-hybridized carbons (Fsp3) is 0.720. The SMILES string of the molecule is C[C@H](CO)N1C(=O)[C@@H]2[C@H]3C(=O)OCCC/C=C\[C@H]3O[C@@]23C=CCN(C2CCCCC2)C(=O)C13. The topological polar surface area (TPSA) is 96.4 Å². The van der Waals surface area contributed by atoms with Crippen molar-refractivity contribution in [1.29, 1.82) is 0 Å². The lowest BCUT2D eigenvalue weighted by molar-refractivity contribution is -0.156. The highest BCUT2D eigenvalue weighted by molar-refractivity contribution is 5.99. The van der Waals surface area contributed by atoms with Crippen molar-refractivity contribution in [3.63, 3.8) is 0 Å². The van der Waals surface area contributed by atoms with E-state index in [0.717, 1.165) is 38.5 Å². The minimum Gasteiger partial charge on any atom is -0.465 e. The molecule has 6 atom stereocenters. The lowest BCUT2D eigenvalue weighted by Crippen LogP contribution is -2.59. The van der Waals surface area contributed by atoms with E-state index in [1.165, 1.54) is 11.3 Å². The summed E-state index contributed by atoms with van der Waals surface area (Å²) in [4.78, 5) is 44.5. The highest BCUT2D eigenvalue weighted by Crippen LogP contribution is 2.53. The van der Waals surface area contributed by atoms with Crippen LogP contribution in [0.25, 0.3) is 0 Å². The number of aliphatic hydroxyl groups excluding tert-OH is 1. The number of likely N-dealkylation sites (tertiary alicyclic amines) is 1. The zero-order valence-corrected chi connectivity index (χ0v) is 19.2. The number of nitrogens with zero attached hydrogens (tertiary/aromatic N) is 2. The number of carbonyl (C=O) groups excluding carboxylic acids is 3. The van der Waals surface area contributed by atoms with Gasteiger partial charge in [0.1, 0.15) is 17.6 Å². The van der Waals surface area contributed by atoms with Crippen LogP contribution in [-0.4, -0.2) is 82.3 Å². The fourth-order valence-corrected chi connectivity index (χ4v) is 6.49. The average Bonchev–Trinajstić information content (AvgIpc) is 3.24. The Morgan fingerprint density at radius 1 is 1.12 bits per heavy atom. The van der Waals surface area contributed by atoms with Crippen LogP contribution < -0.4 is 0 Å². The molecule has 4 heterocycles. The van der Waals surface area contributed by atoms with Crippen molar-refractivity contribution in [2.75, 3.05) is 19.8 Å². The van der Waals surface area contributed by atoms with Gasteiger partial charge in [-0.3, -0.25) is 14.4 Å². The molecule has 8 heteroatoms. The second-order valence-corrected chi connectivity index (χ2v) is 10.0. The number of aliphatic hydroxyl groups is 1. The van der Waals surface area contributed by atoms with Gasteiger partial charge in [0.2, 0.25) is 11.8 Å². The molecule has 2 amide bonds. The number of fused-ring (bicyclic) bond motifs is 2. The predicted molar refractivity (Wildman–Crippen MR) is 119 cm³/mol. The first-order valence-corrected chi connectivity index (χ1v) is 12.4. The summed E-state index contributed by atoms with van der Waals surface area (Å²) in [6.45, 7) is 2.22. The molecule has 0 radical (unpaired) electrons. The van der Waals surface area contributed by atoms with Crippen LogP contribution in [0.2, 0.25) is 0 Å². The summed E-state index contributed by atoms with van der Waals surface area (Å²) in [6.07, 6.45) is 13.7. The number of allylic oxidation sites excluding steroid dienone is 1. The Kier molecular flexibility index (Phi) is 6.07. The standard InChI is InChI=1S/C25H34N2O6/c1-16(15-28)27-21-23(30)26(17-9-4-2-5-10-17)13-8-12-25(21)20(22(27)29)19-18(33-25)11-6-3-7-14-32-24(19)31/h6,8,11-12,16-21,28H,2-5,7,9-10,13-15H2,1H3/b11-6-/t16-,18-,19+,20+,21?,25+/m1/s1. The molecule has 0 bridgehead atoms. The maximum atomic E-state index is 14.1. The molecular weight excluding hydrogens is 424 g/mol. The molecule has 1 aliphatic carbocycles. The summed E-state index contributed by atoms with van der Waals surface area (Å²) in [5.41, 5.74) is -1.25. The van der Waals surface area contributed by atoms with Crippen LogP contribution in [0.3, 0.4) is 0 Å². The molecule has 5 rings (SSSR count). The van der Waals surface area contributed by atoms with Crippen LogP contribution >= 0.6 is 0 Å². The van der Waals surface area contributed by atoms with E-state index < -0.39 is 41.6 Å². The van der Waals surface area contributed by atoms with Gasteiger partial charge in [-0.25, -0.2) is 0 Å². The van der Waals surface area contributed by atoms with Crippen LogP contribution in [-0.2, 0) is 23.9 Å². The van der Waals surface area contributed by atoms with E-state index >= 15 is 0 Å². The van der Waals surface area contributed by atoms with Crippen molar-refractivity contribution < 1.29 is 29.0 Å². The Balaban J connectivity index is 1.59. The van der Waals surface area contributed by atoms with E-state index in [4.69, 9.17) is 9.47 Å². The summed E-state index contributed by atoms with van der Waals surface area (Å²) in [5.74, 6) is -2.59. The summed E-state index contributed by atoms with van der Waals surface area (Å²) in [6, 6.07) is -1.34. The van der Waals surface area contributed by atoms with Crippen LogP contribution in [0.4, 0.5) is 0 Å². The third-order valence-corrected chi connectivity index (χ3v) is 8.07. The van der Waals surface area contributed by atoms with E-state index in [9.17, 15) is 19.5 Å². The van der Waals surface area contributed by atoms with Crippen LogP contribution in [0.15, 0.2) is 24.3 Å². The molecule has 1 unspecified atom stereocenters. The number of hydrogen-bond donors (Lipinski definition) is 1. The summed E-state index contributed by atoms with van der Waals surface area (Å²) >= 11 is 0. The molecule has 3 fully saturated rings. The number of carbonyl (C=O) groups is 3. The van der Waals surface area contributed by atoms with E-state index in [-0.39, 0.29) is 24.5 Å². The maximum Gasteiger partial charge on any atom is 0.312 e. The first-order valence-electron chi connectivity index (χ1n) is 12.4. The quantitative estimate of drug-likeness (QED) is 0.510. The van der Waals surface area contributed by atoms with Gasteiger partial charge < -0.3 is 24.4 Å². The third-order valence-electron chi connectivity index (χ3n) is 8.07. The third kappa shape index (κ3) is 3.53. The molecule has 0 aromatic rings. The van der Waals surface area contributed by atoms with Crippen molar-refractivity contribution in [2.45, 2.75) is 81.7 Å². The molecule has 1 spiro atoms. The molecule has 4 aliphatic heterocycles. The fourth-order valence-electron chi connectivity index (χ4n) is 6.49. The van der Waals surface area contributed by atoms with Gasteiger partial charge >= 0.3 is 5.97 Å². The number of esters is 1. The van der Waals surface area contributed by atoms with Gasteiger partial charge in [0.25, 0.3) is 0 Å². The molecule has 1 N–H and O–H groups in total. The zero-order chi connectivity index (χ0) is 23.2. The van der Waals surface area contributed by atoms with E-state index in [1.807, 2.05) is 29.2 Å². The molecule has 1 saturated carbocycles. The molecule has 8 nitrogen and oxygen atoms in total. The number of hydrogen-bond acceptors (Lipinski definition) is 6. The maximum absolute atomic E-state index is 14.1. The largest absolute Gasteiger partial charge is 0.465 e. The predicted octanol–water partition coefficient (Wildman–Crippen LogP) is 1.57. The van der Waals surface area contributed by atoms with Gasteiger partial charge in [-0.15, -0.1) is 0 Å². The minimum atomic E-state index is -1.25. The number of ether oxygens (including phenoxy) is 2. The first kappa shape index (κ1) is 22.6. The summed E-state index contributed by atoms with van der Waals surface area (Å²) < 4.78 is 12.1. The highest BCUT2D eigenvalue weighted by Gasteiger charge is 2.72. The molecular formula is C25H34N2O6. The van der Waals surface area contributed by atoms with Gasteiger partial charge in [-0.1, -0.05) is 43.6 Å². The van der Waals surface area contributed by atoms with Gasteiger partial charge in [0, 0.05) is 12.6 Å². The summed E-state index contributed by atoms with van der Waals surface area (Å²) in [5, 5.41) is 9.96. The van der Waals surface area contributed by atoms with Gasteiger partial charge in [-0.05, 0) is 32.6 Å². The van der Waals surface area contributed by atoms with E-state index in [1.54, 1.807) is 6.92 Å². The normalized spacial score (nSPS) is 39.0. The molecule has 180 valence electrons. The van der Waals surface area contributed by atoms with E-state index in [0.29, 0.717) is 13.2 Å². The lowest BCUT2D eigenvalue weighted by atomic mass is 9.78. The molecule has 0 aromatic carbocycles. The smallest absolute Gasteiger partial charge is 0.312 e. The van der Waals surface area contributed by atoms with Crippen molar-refractivity contribution in [3.8, 4) is 0 Å². The Bertz CT molecular complexity index is 865. The van der Waals surface area contributed by atoms with Crippen molar-refractivity contribution >= 4 is 17.8 Å². The lowest BCUT2D eigenvalue weighted by Gasteiger charge is -2.40. The van der Waals surface area contributed by atoms with Gasteiger partial charge in [0.15, 0.2) is 0 Å². The summed E-state index contributed by atoms with van der Waals surface area (Å²) in [7, 11) is 0. The van der Waals surface area contributed by atoms with Crippen LogP contribution in [0.1, 0.15) is 51.9 Å². The molecule has 2 saturated heterocycles. The molecule has 0 aromatic heterocycles. The zero-order valence-electron chi connectivity index (χ0n) is 19.2. The average molecular weight is 459 g/mol. The second kappa shape index (κ2) is 8.87. The molecule has 33 heavy (non-hydrogen) atoms. The van der Waals surface area contributed by atoms with Gasteiger partial charge in [-0.2, -0.15) is 0 Å².